The van der Waals surface area contributed by atoms with Crippen LogP contribution >= 0.6 is 0 Å². The fraction of sp³-hybridized carbons (Fsp3) is 0.333. The van der Waals surface area contributed by atoms with E-state index >= 15 is 0 Å². The average Bonchev–Trinajstić information content (AvgIpc) is 2.31. The largest absolute Gasteiger partial charge is 0.466 e. The summed E-state index contributed by atoms with van der Waals surface area (Å²) in [7, 11) is 0. The molecule has 0 saturated carbocycles. The van der Waals surface area contributed by atoms with Crippen molar-refractivity contribution in [3.8, 4) is 0 Å². The molecule has 4 nitrogen and oxygen atoms in total. The zero-order valence-corrected chi connectivity index (χ0v) is 9.26. The van der Waals surface area contributed by atoms with Gasteiger partial charge in [0.05, 0.1) is 13.0 Å². The number of rotatable bonds is 6. The number of hydrogen-bond donors (Lipinski definition) is 0. The summed E-state index contributed by atoms with van der Waals surface area (Å²) in [6.07, 6.45) is 0.927. The fourth-order valence-corrected chi connectivity index (χ4v) is 1.31. The fourth-order valence-electron chi connectivity index (χ4n) is 1.31. The number of esters is 1. The zero-order chi connectivity index (χ0) is 11.8. The van der Waals surface area contributed by atoms with Crippen LogP contribution in [0.5, 0.6) is 0 Å². The Bertz CT molecular complexity index is 337. The number of hydrogen-bond acceptors (Lipinski definition) is 3. The van der Waals surface area contributed by atoms with E-state index < -0.39 is 0 Å². The minimum absolute atomic E-state index is 0.210. The second kappa shape index (κ2) is 6.61. The highest BCUT2D eigenvalue weighted by Gasteiger charge is 2.08. The molecule has 0 aliphatic rings. The summed E-state index contributed by atoms with van der Waals surface area (Å²) in [6.45, 7) is 2.46. The van der Waals surface area contributed by atoms with E-state index in [1.165, 1.54) is 4.90 Å². The van der Waals surface area contributed by atoms with Crippen molar-refractivity contribution < 1.29 is 14.3 Å². The Morgan fingerprint density at radius 2 is 2.06 bits per heavy atom. The third kappa shape index (κ3) is 3.73. The Morgan fingerprint density at radius 3 is 2.62 bits per heavy atom. The molecule has 0 heterocycles. The lowest BCUT2D eigenvalue weighted by Gasteiger charge is -2.16. The number of amides is 1. The number of para-hydroxylation sites is 1. The molecule has 0 unspecified atom stereocenters. The van der Waals surface area contributed by atoms with E-state index in [9.17, 15) is 9.59 Å². The summed E-state index contributed by atoms with van der Waals surface area (Å²) in [6, 6.07) is 9.20. The van der Waals surface area contributed by atoms with Gasteiger partial charge >= 0.3 is 5.97 Å². The highest BCUT2D eigenvalue weighted by molar-refractivity contribution is 5.77. The van der Waals surface area contributed by atoms with Gasteiger partial charge in [0, 0.05) is 12.2 Å². The molecule has 0 aromatic heterocycles. The van der Waals surface area contributed by atoms with E-state index in [1.54, 1.807) is 6.92 Å². The summed E-state index contributed by atoms with van der Waals surface area (Å²) >= 11 is 0. The number of nitrogens with zero attached hydrogens (tertiary/aromatic N) is 1. The topological polar surface area (TPSA) is 46.6 Å². The number of ether oxygens (including phenoxy) is 1. The van der Waals surface area contributed by atoms with Crippen LogP contribution in [-0.2, 0) is 14.3 Å². The maximum absolute atomic E-state index is 11.1. The molecule has 0 N–H and O–H groups in total. The average molecular weight is 221 g/mol. The molecule has 1 aromatic rings. The van der Waals surface area contributed by atoms with Gasteiger partial charge in [0.2, 0.25) is 6.41 Å². The van der Waals surface area contributed by atoms with E-state index in [-0.39, 0.29) is 12.4 Å². The van der Waals surface area contributed by atoms with Gasteiger partial charge in [0.25, 0.3) is 0 Å². The maximum Gasteiger partial charge on any atom is 0.307 e. The van der Waals surface area contributed by atoms with Crippen molar-refractivity contribution in [1.82, 2.24) is 0 Å². The van der Waals surface area contributed by atoms with Crippen LogP contribution in [0.25, 0.3) is 0 Å². The number of anilines is 1. The second-order valence-corrected chi connectivity index (χ2v) is 3.19. The minimum Gasteiger partial charge on any atom is -0.466 e. The van der Waals surface area contributed by atoms with Gasteiger partial charge in [-0.2, -0.15) is 0 Å². The van der Waals surface area contributed by atoms with Crippen LogP contribution in [0, 0.1) is 0 Å². The van der Waals surface area contributed by atoms with Gasteiger partial charge in [-0.15, -0.1) is 0 Å². The lowest BCUT2D eigenvalue weighted by molar-refractivity contribution is -0.142. The van der Waals surface area contributed by atoms with Crippen LogP contribution in [0.15, 0.2) is 30.3 Å². The van der Waals surface area contributed by atoms with Gasteiger partial charge in [-0.25, -0.2) is 0 Å². The van der Waals surface area contributed by atoms with Crippen molar-refractivity contribution >= 4 is 18.1 Å². The predicted molar refractivity (Wildman–Crippen MR) is 61.1 cm³/mol. The summed E-state index contributed by atoms with van der Waals surface area (Å²) in [5.41, 5.74) is 0.779. The Labute approximate surface area is 94.8 Å². The smallest absolute Gasteiger partial charge is 0.307 e. The Kier molecular flexibility index (Phi) is 5.05. The minimum atomic E-state index is -0.287. The first-order valence-electron chi connectivity index (χ1n) is 5.20. The van der Waals surface area contributed by atoms with Crippen molar-refractivity contribution in [3.63, 3.8) is 0 Å². The van der Waals surface area contributed by atoms with E-state index in [2.05, 4.69) is 0 Å². The standard InChI is InChI=1S/C12H15NO3/c1-2-16-12(15)8-9-13(10-14)11-6-4-3-5-7-11/h3-7,10H,2,8-9H2,1H3. The predicted octanol–water partition coefficient (Wildman–Crippen LogP) is 1.60. The van der Waals surface area contributed by atoms with Crippen LogP contribution in [-0.4, -0.2) is 25.5 Å². The Balaban J connectivity index is 2.50. The van der Waals surface area contributed by atoms with E-state index in [0.29, 0.717) is 19.6 Å². The third-order valence-corrected chi connectivity index (χ3v) is 2.08. The van der Waals surface area contributed by atoms with Gasteiger partial charge in [0.15, 0.2) is 0 Å². The first kappa shape index (κ1) is 12.2. The second-order valence-electron chi connectivity index (χ2n) is 3.19. The van der Waals surface area contributed by atoms with Crippen LogP contribution in [0.2, 0.25) is 0 Å². The molecule has 1 amide bonds. The third-order valence-electron chi connectivity index (χ3n) is 2.08. The maximum atomic E-state index is 11.1. The Morgan fingerprint density at radius 1 is 1.38 bits per heavy atom. The molecule has 0 aliphatic carbocycles. The van der Waals surface area contributed by atoms with E-state index in [4.69, 9.17) is 4.74 Å². The molecule has 16 heavy (non-hydrogen) atoms. The molecule has 86 valence electrons. The molecule has 0 fully saturated rings. The molecule has 0 atom stereocenters. The van der Waals surface area contributed by atoms with Crippen molar-refractivity contribution in [1.29, 1.82) is 0 Å². The molecular weight excluding hydrogens is 206 g/mol. The molecule has 0 spiro atoms. The van der Waals surface area contributed by atoms with Gasteiger partial charge in [-0.05, 0) is 19.1 Å². The van der Waals surface area contributed by atoms with Crippen LogP contribution in [0.1, 0.15) is 13.3 Å². The van der Waals surface area contributed by atoms with Crippen LogP contribution < -0.4 is 4.90 Å². The normalized spacial score (nSPS) is 9.56. The van der Waals surface area contributed by atoms with Crippen molar-refractivity contribution in [2.45, 2.75) is 13.3 Å². The summed E-state index contributed by atoms with van der Waals surface area (Å²) in [5, 5.41) is 0. The van der Waals surface area contributed by atoms with Gasteiger partial charge < -0.3 is 9.64 Å². The molecular formula is C12H15NO3. The number of carbonyl (C=O) groups excluding carboxylic acids is 2. The number of benzene rings is 1. The quantitative estimate of drug-likeness (QED) is 0.541. The summed E-state index contributed by atoms with van der Waals surface area (Å²) < 4.78 is 4.79. The molecule has 0 radical (unpaired) electrons. The number of carbonyl (C=O) groups is 2. The molecule has 0 aliphatic heterocycles. The summed E-state index contributed by atoms with van der Waals surface area (Å²) in [4.78, 5) is 23.5. The van der Waals surface area contributed by atoms with E-state index in [1.807, 2.05) is 30.3 Å². The van der Waals surface area contributed by atoms with Gasteiger partial charge in [-0.1, -0.05) is 18.2 Å². The van der Waals surface area contributed by atoms with Gasteiger partial charge in [0.1, 0.15) is 0 Å². The van der Waals surface area contributed by atoms with Crippen LogP contribution in [0.4, 0.5) is 5.69 Å². The molecule has 0 bridgehead atoms. The highest BCUT2D eigenvalue weighted by atomic mass is 16.5. The van der Waals surface area contributed by atoms with E-state index in [0.717, 1.165) is 5.69 Å². The SMILES string of the molecule is CCOC(=O)CCN(C=O)c1ccccc1. The lowest BCUT2D eigenvalue weighted by atomic mass is 10.3. The molecule has 0 saturated heterocycles. The first-order valence-corrected chi connectivity index (χ1v) is 5.20. The summed E-state index contributed by atoms with van der Waals surface area (Å²) in [5.74, 6) is -0.287. The Hall–Kier alpha value is -1.84. The van der Waals surface area contributed by atoms with Crippen LogP contribution in [0.3, 0.4) is 0 Å². The molecule has 1 rings (SSSR count). The zero-order valence-electron chi connectivity index (χ0n) is 9.26. The molecule has 4 heteroatoms. The monoisotopic (exact) mass is 221 g/mol. The van der Waals surface area contributed by atoms with Crippen molar-refractivity contribution in [2.75, 3.05) is 18.1 Å². The van der Waals surface area contributed by atoms with Crippen molar-refractivity contribution in [2.24, 2.45) is 0 Å². The lowest BCUT2D eigenvalue weighted by Crippen LogP contribution is -2.24. The first-order chi connectivity index (χ1) is 7.77. The van der Waals surface area contributed by atoms with Gasteiger partial charge in [-0.3, -0.25) is 9.59 Å². The highest BCUT2D eigenvalue weighted by Crippen LogP contribution is 2.11. The van der Waals surface area contributed by atoms with Crippen molar-refractivity contribution in [3.05, 3.63) is 30.3 Å². The molecule has 1 aromatic carbocycles.